The Labute approximate surface area is 276 Å². The number of ether oxygens (including phenoxy) is 5. The number of esters is 5. The summed E-state index contributed by atoms with van der Waals surface area (Å²) in [5.41, 5.74) is 0. The van der Waals surface area contributed by atoms with E-state index < -0.39 is 116 Å². The predicted molar refractivity (Wildman–Crippen MR) is 165 cm³/mol. The van der Waals surface area contributed by atoms with Gasteiger partial charge in [-0.25, -0.2) is 19.2 Å². The lowest BCUT2D eigenvalue weighted by Gasteiger charge is -2.30. The van der Waals surface area contributed by atoms with Gasteiger partial charge in [0.25, 0.3) is 0 Å². The Balaban J connectivity index is 6.01. The Kier molecular flexibility index (Phi) is 20.6. The minimum atomic E-state index is -1.98. The molecule has 0 aliphatic rings. The third kappa shape index (κ3) is 14.0. The normalized spacial score (nSPS) is 19.2. The zero-order chi connectivity index (χ0) is 36.6. The van der Waals surface area contributed by atoms with Gasteiger partial charge >= 0.3 is 29.8 Å². The second-order valence-corrected chi connectivity index (χ2v) is 12.1. The van der Waals surface area contributed by atoms with Gasteiger partial charge in [-0.1, -0.05) is 55.4 Å². The summed E-state index contributed by atoms with van der Waals surface area (Å²) in [5.74, 6) is -7.06. The molecule has 0 aromatic rings. The smallest absolute Gasteiger partial charge is 0.348 e. The maximum Gasteiger partial charge on any atom is 0.348 e. The van der Waals surface area contributed by atoms with Crippen LogP contribution in [-0.2, 0) is 47.7 Å². The first-order valence-electron chi connectivity index (χ1n) is 16.2. The van der Waals surface area contributed by atoms with Crippen molar-refractivity contribution in [1.29, 1.82) is 0 Å². The number of carbonyl (C=O) groups is 5. The molecule has 0 aliphatic carbocycles. The lowest BCUT2D eigenvalue weighted by molar-refractivity contribution is -0.195. The van der Waals surface area contributed by atoms with Gasteiger partial charge < -0.3 is 49.2 Å². The Morgan fingerprint density at radius 1 is 0.511 bits per heavy atom. The van der Waals surface area contributed by atoms with Gasteiger partial charge in [-0.2, -0.15) is 0 Å². The van der Waals surface area contributed by atoms with Gasteiger partial charge in [0.05, 0.1) is 6.61 Å². The Hall–Kier alpha value is -2.85. The van der Waals surface area contributed by atoms with Crippen LogP contribution in [-0.4, -0.2) is 117 Å². The van der Waals surface area contributed by atoms with Gasteiger partial charge in [-0.15, -0.1) is 0 Å². The topological polar surface area (TPSA) is 233 Å². The van der Waals surface area contributed by atoms with E-state index in [0.29, 0.717) is 25.7 Å². The molecule has 0 amide bonds. The van der Waals surface area contributed by atoms with Crippen LogP contribution < -0.4 is 0 Å². The lowest BCUT2D eigenvalue weighted by atomic mass is 9.98. The summed E-state index contributed by atoms with van der Waals surface area (Å²) >= 11 is 0. The molecule has 0 radical (unpaired) electrons. The number of aliphatic hydroxyl groups is 5. The van der Waals surface area contributed by atoms with Crippen molar-refractivity contribution in [2.75, 3.05) is 13.2 Å². The first-order chi connectivity index (χ1) is 21.9. The third-order valence-corrected chi connectivity index (χ3v) is 8.32. The van der Waals surface area contributed by atoms with Crippen LogP contribution in [0.25, 0.3) is 0 Å². The van der Waals surface area contributed by atoms with Crippen molar-refractivity contribution in [1.82, 2.24) is 0 Å². The molecular formula is C32H56O15. The van der Waals surface area contributed by atoms with E-state index in [4.69, 9.17) is 28.8 Å². The van der Waals surface area contributed by atoms with Crippen LogP contribution in [0, 0.1) is 23.7 Å². The molecule has 0 aromatic carbocycles. The van der Waals surface area contributed by atoms with Crippen LogP contribution in [0.1, 0.15) is 88.0 Å². The summed E-state index contributed by atoms with van der Waals surface area (Å²) < 4.78 is 26.8. The van der Waals surface area contributed by atoms with Gasteiger partial charge in [-0.3, -0.25) is 4.79 Å². The fraction of sp³-hybridized carbons (Fsp3) is 0.844. The summed E-state index contributed by atoms with van der Waals surface area (Å²) in [6, 6.07) is 0. The van der Waals surface area contributed by atoms with E-state index in [2.05, 4.69) is 0 Å². The first kappa shape index (κ1) is 44.1. The average molecular weight is 681 g/mol. The minimum Gasteiger partial charge on any atom is -0.460 e. The van der Waals surface area contributed by atoms with Crippen LogP contribution in [0.2, 0.25) is 0 Å². The largest absolute Gasteiger partial charge is 0.460 e. The highest BCUT2D eigenvalue weighted by molar-refractivity contribution is 5.86. The van der Waals surface area contributed by atoms with Crippen LogP contribution in [0.3, 0.4) is 0 Å². The van der Waals surface area contributed by atoms with E-state index >= 15 is 0 Å². The number of rotatable bonds is 22. The zero-order valence-electron chi connectivity index (χ0n) is 29.0. The summed E-state index contributed by atoms with van der Waals surface area (Å²) in [7, 11) is 0. The zero-order valence-corrected chi connectivity index (χ0v) is 29.0. The van der Waals surface area contributed by atoms with Crippen molar-refractivity contribution in [2.45, 2.75) is 137 Å². The Morgan fingerprint density at radius 3 is 1.11 bits per heavy atom. The van der Waals surface area contributed by atoms with Crippen molar-refractivity contribution in [2.24, 2.45) is 23.7 Å². The van der Waals surface area contributed by atoms with Gasteiger partial charge in [-0.05, 0) is 25.7 Å². The van der Waals surface area contributed by atoms with Gasteiger partial charge in [0.2, 0.25) is 24.4 Å². The van der Waals surface area contributed by atoms with E-state index in [1.54, 1.807) is 55.4 Å². The van der Waals surface area contributed by atoms with Crippen molar-refractivity contribution in [3.05, 3.63) is 0 Å². The van der Waals surface area contributed by atoms with E-state index in [9.17, 15) is 44.4 Å². The maximum atomic E-state index is 13.5. The quantitative estimate of drug-likeness (QED) is 0.0787. The summed E-state index contributed by atoms with van der Waals surface area (Å²) in [4.78, 5) is 64.6. The predicted octanol–water partition coefficient (Wildman–Crippen LogP) is 0.817. The minimum absolute atomic E-state index is 0.332. The summed E-state index contributed by atoms with van der Waals surface area (Å²) in [5, 5.41) is 48.4. The highest BCUT2D eigenvalue weighted by Crippen LogP contribution is 2.23. The highest BCUT2D eigenvalue weighted by atomic mass is 16.6. The number of aliphatic hydroxyl groups excluding tert-OH is 5. The molecule has 47 heavy (non-hydrogen) atoms. The molecule has 0 aliphatic heterocycles. The standard InChI is InChI=1S/C32H56O15/c1-10-16(5)25(29(39)43-15-22(36)24(38)23(37)21(35)14-33)45-31(41)27(18(7)12-3)47-32(42)28(19(8)13-4)46-30(40)26(17(6)11-2)44-20(9)34/h16-19,21-28,33,35-38H,10-15H2,1-9H3/t16-,17-,18-,19-,21+,22-,23+,24-,25-,26-,27-,28-/m0/s1. The van der Waals surface area contributed by atoms with Crippen molar-refractivity contribution in [3.63, 3.8) is 0 Å². The third-order valence-electron chi connectivity index (χ3n) is 8.32. The van der Waals surface area contributed by atoms with E-state index in [1.807, 2.05) is 0 Å². The van der Waals surface area contributed by atoms with E-state index in [1.165, 1.54) is 0 Å². The molecule has 274 valence electrons. The summed E-state index contributed by atoms with van der Waals surface area (Å²) in [6.07, 6.45) is -11.8. The second kappa shape index (κ2) is 21.9. The molecule has 0 aromatic heterocycles. The maximum absolute atomic E-state index is 13.5. The number of hydrogen-bond donors (Lipinski definition) is 5. The van der Waals surface area contributed by atoms with Crippen LogP contribution >= 0.6 is 0 Å². The first-order valence-corrected chi connectivity index (χ1v) is 16.2. The van der Waals surface area contributed by atoms with E-state index in [0.717, 1.165) is 6.92 Å². The molecule has 12 atom stereocenters. The van der Waals surface area contributed by atoms with Crippen LogP contribution in [0.4, 0.5) is 0 Å². The molecule has 15 nitrogen and oxygen atoms in total. The number of hydrogen-bond acceptors (Lipinski definition) is 15. The molecule has 0 rings (SSSR count). The molecule has 5 N–H and O–H groups in total. The molecule has 15 heteroatoms. The molecule has 0 heterocycles. The average Bonchev–Trinajstić information content (AvgIpc) is 3.06. The fourth-order valence-corrected chi connectivity index (χ4v) is 4.11. The molecule has 0 saturated heterocycles. The van der Waals surface area contributed by atoms with E-state index in [-0.39, 0.29) is 0 Å². The van der Waals surface area contributed by atoms with Crippen molar-refractivity contribution in [3.8, 4) is 0 Å². The molecule has 0 unspecified atom stereocenters. The van der Waals surface area contributed by atoms with Crippen molar-refractivity contribution >= 4 is 29.8 Å². The highest BCUT2D eigenvalue weighted by Gasteiger charge is 2.41. The molecule has 0 fully saturated rings. The molecular weight excluding hydrogens is 624 g/mol. The Morgan fingerprint density at radius 2 is 0.809 bits per heavy atom. The van der Waals surface area contributed by atoms with Crippen molar-refractivity contribution < 1.29 is 73.2 Å². The monoisotopic (exact) mass is 680 g/mol. The van der Waals surface area contributed by atoms with Gasteiger partial charge in [0.1, 0.15) is 31.0 Å². The molecule has 0 spiro atoms. The fourth-order valence-electron chi connectivity index (χ4n) is 4.11. The summed E-state index contributed by atoms with van der Waals surface area (Å²) in [6.45, 7) is 12.9. The Bertz CT molecular complexity index is 988. The SMILES string of the molecule is CC[C@H](C)[C@H](OC(C)=O)C(=O)O[C@H](C(=O)O[C@H](C(=O)O[C@H](C(=O)OC[C@H](O)[C@H](O)[C@H](O)[C@H](O)CO)[C@@H](C)CC)[C@@H](C)CC)[C@@H](C)CC. The van der Waals surface area contributed by atoms with Gasteiger partial charge in [0.15, 0.2) is 0 Å². The van der Waals surface area contributed by atoms with Crippen LogP contribution in [0.15, 0.2) is 0 Å². The molecule has 0 bridgehead atoms. The second-order valence-electron chi connectivity index (χ2n) is 12.1. The number of carbonyl (C=O) groups excluding carboxylic acids is 5. The molecule has 0 saturated carbocycles. The van der Waals surface area contributed by atoms with Gasteiger partial charge in [0, 0.05) is 30.6 Å². The lowest BCUT2D eigenvalue weighted by Crippen LogP contribution is -2.48. The van der Waals surface area contributed by atoms with Crippen LogP contribution in [0.5, 0.6) is 0 Å².